The van der Waals surface area contributed by atoms with Crippen molar-refractivity contribution < 1.29 is 19.8 Å². The van der Waals surface area contributed by atoms with E-state index >= 15 is 0 Å². The van der Waals surface area contributed by atoms with Crippen LogP contribution in [-0.4, -0.2) is 22.2 Å². The average Bonchev–Trinajstić information content (AvgIpc) is 2.17. The monoisotopic (exact) mass is 209 g/mol. The average molecular weight is 209 g/mol. The lowest BCUT2D eigenvalue weighted by Crippen LogP contribution is -2.46. The molecule has 5 heteroatoms. The van der Waals surface area contributed by atoms with Crippen LogP contribution in [0.1, 0.15) is 12.0 Å². The van der Waals surface area contributed by atoms with Gasteiger partial charge in [-0.25, -0.2) is 4.79 Å². The second-order valence-electron chi connectivity index (χ2n) is 3.21. The predicted molar refractivity (Wildman–Crippen MR) is 52.2 cm³/mol. The Balaban J connectivity index is 3.13. The van der Waals surface area contributed by atoms with Crippen LogP contribution in [0.25, 0.3) is 0 Å². The zero-order chi connectivity index (χ0) is 11.5. The molecule has 80 valence electrons. The van der Waals surface area contributed by atoms with Crippen molar-refractivity contribution in [2.75, 3.05) is 0 Å². The lowest BCUT2D eigenvalue weighted by atomic mass is 9.88. The first-order chi connectivity index (χ1) is 6.97. The molecule has 4 N–H and O–H groups in total. The van der Waals surface area contributed by atoms with Crippen molar-refractivity contribution in [2.45, 2.75) is 12.0 Å². The van der Waals surface area contributed by atoms with E-state index in [2.05, 4.69) is 0 Å². The van der Waals surface area contributed by atoms with Crippen LogP contribution in [0.15, 0.2) is 30.3 Å². The molecule has 0 heterocycles. The van der Waals surface area contributed by atoms with Crippen molar-refractivity contribution in [1.29, 1.82) is 0 Å². The smallest absolute Gasteiger partial charge is 0.328 e. The summed E-state index contributed by atoms with van der Waals surface area (Å²) < 4.78 is 0. The van der Waals surface area contributed by atoms with Crippen molar-refractivity contribution in [3.63, 3.8) is 0 Å². The molecule has 0 bridgehead atoms. The van der Waals surface area contributed by atoms with Crippen molar-refractivity contribution in [2.24, 2.45) is 5.73 Å². The summed E-state index contributed by atoms with van der Waals surface area (Å²) in [4.78, 5) is 21.5. The molecule has 1 aromatic rings. The maximum atomic E-state index is 11.0. The minimum atomic E-state index is -1.87. The second-order valence-corrected chi connectivity index (χ2v) is 3.21. The number of aliphatic carboxylic acids is 2. The number of hydrogen-bond donors (Lipinski definition) is 3. The molecule has 1 atom stereocenters. The molecule has 0 saturated carbocycles. The molecule has 1 rings (SSSR count). The predicted octanol–water partition coefficient (Wildman–Crippen LogP) is 0.400. The van der Waals surface area contributed by atoms with Crippen molar-refractivity contribution in [3.05, 3.63) is 35.9 Å². The highest BCUT2D eigenvalue weighted by Gasteiger charge is 2.38. The van der Waals surface area contributed by atoms with Crippen LogP contribution in [0, 0.1) is 0 Å². The summed E-state index contributed by atoms with van der Waals surface area (Å²) in [7, 11) is 0. The van der Waals surface area contributed by atoms with E-state index in [4.69, 9.17) is 15.9 Å². The van der Waals surface area contributed by atoms with E-state index in [0.29, 0.717) is 0 Å². The summed E-state index contributed by atoms with van der Waals surface area (Å²) in [6.45, 7) is 0. The van der Waals surface area contributed by atoms with Gasteiger partial charge in [-0.1, -0.05) is 30.3 Å². The van der Waals surface area contributed by atoms with Crippen LogP contribution in [0.2, 0.25) is 0 Å². The van der Waals surface area contributed by atoms with Gasteiger partial charge in [0.1, 0.15) is 0 Å². The molecule has 0 aliphatic carbocycles. The highest BCUT2D eigenvalue weighted by Crippen LogP contribution is 2.22. The van der Waals surface area contributed by atoms with Gasteiger partial charge in [-0.05, 0) is 5.56 Å². The Morgan fingerprint density at radius 3 is 2.13 bits per heavy atom. The summed E-state index contributed by atoms with van der Waals surface area (Å²) in [5.74, 6) is -2.60. The third-order valence-corrected chi connectivity index (χ3v) is 2.10. The van der Waals surface area contributed by atoms with Gasteiger partial charge in [-0.15, -0.1) is 0 Å². The van der Waals surface area contributed by atoms with Gasteiger partial charge in [0.2, 0.25) is 0 Å². The summed E-state index contributed by atoms with van der Waals surface area (Å²) in [6, 6.07) is 7.92. The van der Waals surface area contributed by atoms with Gasteiger partial charge in [0.05, 0.1) is 6.42 Å². The Morgan fingerprint density at radius 2 is 1.73 bits per heavy atom. The fourth-order valence-corrected chi connectivity index (χ4v) is 1.28. The van der Waals surface area contributed by atoms with E-state index in [-0.39, 0.29) is 5.56 Å². The largest absolute Gasteiger partial charge is 0.481 e. The summed E-state index contributed by atoms with van der Waals surface area (Å²) >= 11 is 0. The highest BCUT2D eigenvalue weighted by molar-refractivity contribution is 5.86. The number of benzene rings is 1. The van der Waals surface area contributed by atoms with E-state index in [1.165, 1.54) is 12.1 Å². The van der Waals surface area contributed by atoms with Gasteiger partial charge in [0.25, 0.3) is 0 Å². The number of carboxylic acids is 2. The molecule has 0 saturated heterocycles. The maximum absolute atomic E-state index is 11.0. The molecule has 0 aliphatic heterocycles. The number of hydrogen-bond acceptors (Lipinski definition) is 3. The van der Waals surface area contributed by atoms with Gasteiger partial charge >= 0.3 is 11.9 Å². The third-order valence-electron chi connectivity index (χ3n) is 2.10. The van der Waals surface area contributed by atoms with Gasteiger partial charge in [0.15, 0.2) is 5.54 Å². The van der Waals surface area contributed by atoms with E-state index < -0.39 is 23.9 Å². The normalized spacial score (nSPS) is 14.2. The molecule has 0 unspecified atom stereocenters. The second kappa shape index (κ2) is 4.10. The van der Waals surface area contributed by atoms with Crippen LogP contribution in [0.5, 0.6) is 0 Å². The van der Waals surface area contributed by atoms with E-state index in [9.17, 15) is 9.59 Å². The van der Waals surface area contributed by atoms with Gasteiger partial charge in [-0.2, -0.15) is 0 Å². The number of carboxylic acid groups (broad SMARTS) is 2. The SMILES string of the molecule is N[C@@](CC(=O)O)(C(=O)O)c1ccccc1. The van der Waals surface area contributed by atoms with Crippen LogP contribution in [0.4, 0.5) is 0 Å². The van der Waals surface area contributed by atoms with Gasteiger partial charge in [0, 0.05) is 0 Å². The van der Waals surface area contributed by atoms with Crippen molar-refractivity contribution >= 4 is 11.9 Å². The molecule has 0 amide bonds. The molecule has 0 fully saturated rings. The zero-order valence-corrected chi connectivity index (χ0v) is 7.88. The first-order valence-corrected chi connectivity index (χ1v) is 4.26. The molecule has 0 spiro atoms. The highest BCUT2D eigenvalue weighted by atomic mass is 16.4. The van der Waals surface area contributed by atoms with E-state index in [1.807, 2.05) is 0 Å². The van der Waals surface area contributed by atoms with Crippen LogP contribution < -0.4 is 5.73 Å². The zero-order valence-electron chi connectivity index (χ0n) is 7.88. The minimum Gasteiger partial charge on any atom is -0.481 e. The number of nitrogens with two attached hydrogens (primary N) is 1. The lowest BCUT2D eigenvalue weighted by Gasteiger charge is -2.22. The number of carbonyl (C=O) groups is 2. The minimum absolute atomic E-state index is 0.278. The van der Waals surface area contributed by atoms with E-state index in [1.54, 1.807) is 18.2 Å². The topological polar surface area (TPSA) is 101 Å². The third kappa shape index (κ3) is 2.32. The maximum Gasteiger partial charge on any atom is 0.328 e. The quantitative estimate of drug-likeness (QED) is 0.666. The van der Waals surface area contributed by atoms with Crippen LogP contribution in [-0.2, 0) is 15.1 Å². The fraction of sp³-hybridized carbons (Fsp3) is 0.200. The Labute approximate surface area is 86.1 Å². The molecular formula is C10H11NO4. The molecular weight excluding hydrogens is 198 g/mol. The summed E-state index contributed by atoms with van der Waals surface area (Å²) in [5.41, 5.74) is 3.99. The molecule has 0 aliphatic rings. The molecule has 5 nitrogen and oxygen atoms in total. The van der Waals surface area contributed by atoms with Crippen molar-refractivity contribution in [3.8, 4) is 0 Å². The van der Waals surface area contributed by atoms with Gasteiger partial charge in [-0.3, -0.25) is 4.79 Å². The van der Waals surface area contributed by atoms with Crippen LogP contribution >= 0.6 is 0 Å². The molecule has 0 radical (unpaired) electrons. The van der Waals surface area contributed by atoms with Crippen molar-refractivity contribution in [1.82, 2.24) is 0 Å². The first-order valence-electron chi connectivity index (χ1n) is 4.26. The van der Waals surface area contributed by atoms with E-state index in [0.717, 1.165) is 0 Å². The van der Waals surface area contributed by atoms with Gasteiger partial charge < -0.3 is 15.9 Å². The Hall–Kier alpha value is -1.88. The Kier molecular flexibility index (Phi) is 3.06. The summed E-state index contributed by atoms with van der Waals surface area (Å²) in [5, 5.41) is 17.6. The Morgan fingerprint density at radius 1 is 1.20 bits per heavy atom. The molecule has 0 aromatic heterocycles. The number of rotatable bonds is 4. The van der Waals surface area contributed by atoms with Crippen LogP contribution in [0.3, 0.4) is 0 Å². The Bertz CT molecular complexity index is 376. The standard InChI is InChI=1S/C10H11NO4/c11-10(9(14)15,6-8(12)13)7-4-2-1-3-5-7/h1-5H,6,11H2,(H,12,13)(H,14,15)/t10-/m1/s1. The fourth-order valence-electron chi connectivity index (χ4n) is 1.28. The first kappa shape index (κ1) is 11.2. The summed E-state index contributed by atoms with van der Waals surface area (Å²) in [6.07, 6.45) is -0.646. The molecule has 1 aromatic carbocycles. The molecule has 15 heavy (non-hydrogen) atoms. The lowest BCUT2D eigenvalue weighted by molar-refractivity contribution is -0.150.